The summed E-state index contributed by atoms with van der Waals surface area (Å²) in [5.74, 6) is 0.857. The van der Waals surface area contributed by atoms with Crippen molar-refractivity contribution in [1.82, 2.24) is 5.32 Å². The first-order valence-corrected chi connectivity index (χ1v) is 5.77. The van der Waals surface area contributed by atoms with Crippen molar-refractivity contribution in [2.75, 3.05) is 6.54 Å². The van der Waals surface area contributed by atoms with Crippen molar-refractivity contribution in [1.29, 1.82) is 0 Å². The molecule has 14 heavy (non-hydrogen) atoms. The Hall–Kier alpha value is -0.370. The molecule has 0 aromatic heterocycles. The van der Waals surface area contributed by atoms with Crippen LogP contribution in [0.15, 0.2) is 0 Å². The molecular formula is C12H23NO. The largest absolute Gasteiger partial charge is 0.312 e. The van der Waals surface area contributed by atoms with E-state index >= 15 is 0 Å². The van der Waals surface area contributed by atoms with Gasteiger partial charge in [-0.3, -0.25) is 4.79 Å². The Labute approximate surface area is 87.5 Å². The number of rotatable bonds is 4. The van der Waals surface area contributed by atoms with Gasteiger partial charge in [0.15, 0.2) is 0 Å². The SMILES string of the molecule is CC(C)(C)NCCC(=O)C1CCCC1. The highest BCUT2D eigenvalue weighted by Gasteiger charge is 2.22. The number of nitrogens with one attached hydrogen (secondary N) is 1. The lowest BCUT2D eigenvalue weighted by Gasteiger charge is -2.20. The molecule has 0 heterocycles. The minimum absolute atomic E-state index is 0.135. The first kappa shape index (κ1) is 11.7. The third-order valence-corrected chi connectivity index (χ3v) is 2.84. The second-order valence-electron chi connectivity index (χ2n) is 5.37. The van der Waals surface area contributed by atoms with E-state index in [1.54, 1.807) is 0 Å². The number of carbonyl (C=O) groups excluding carboxylic acids is 1. The van der Waals surface area contributed by atoms with Gasteiger partial charge in [-0.05, 0) is 33.6 Å². The number of hydrogen-bond donors (Lipinski definition) is 1. The summed E-state index contributed by atoms with van der Waals surface area (Å²) >= 11 is 0. The van der Waals surface area contributed by atoms with Crippen molar-refractivity contribution in [2.24, 2.45) is 5.92 Å². The molecule has 0 bridgehead atoms. The van der Waals surface area contributed by atoms with E-state index in [9.17, 15) is 4.79 Å². The van der Waals surface area contributed by atoms with Gasteiger partial charge in [0.1, 0.15) is 5.78 Å². The summed E-state index contributed by atoms with van der Waals surface area (Å²) in [4.78, 5) is 11.7. The molecule has 1 aliphatic rings. The minimum atomic E-state index is 0.135. The van der Waals surface area contributed by atoms with Gasteiger partial charge >= 0.3 is 0 Å². The molecule has 0 saturated heterocycles. The molecule has 2 heteroatoms. The molecule has 0 aliphatic heterocycles. The summed E-state index contributed by atoms with van der Waals surface area (Å²) in [7, 11) is 0. The van der Waals surface area contributed by atoms with Crippen LogP contribution in [-0.4, -0.2) is 17.9 Å². The summed E-state index contributed by atoms with van der Waals surface area (Å²) in [6.45, 7) is 7.23. The molecule has 1 N–H and O–H groups in total. The molecule has 1 saturated carbocycles. The van der Waals surface area contributed by atoms with Crippen molar-refractivity contribution in [2.45, 2.75) is 58.4 Å². The summed E-state index contributed by atoms with van der Waals surface area (Å²) in [6, 6.07) is 0. The average molecular weight is 197 g/mol. The van der Waals surface area contributed by atoms with Gasteiger partial charge in [-0.2, -0.15) is 0 Å². The fourth-order valence-corrected chi connectivity index (χ4v) is 2.01. The Morgan fingerprint density at radius 1 is 1.29 bits per heavy atom. The fraction of sp³-hybridized carbons (Fsp3) is 0.917. The highest BCUT2D eigenvalue weighted by molar-refractivity contribution is 5.81. The zero-order valence-corrected chi connectivity index (χ0v) is 9.73. The third kappa shape index (κ3) is 4.23. The number of hydrogen-bond acceptors (Lipinski definition) is 2. The topological polar surface area (TPSA) is 29.1 Å². The Morgan fingerprint density at radius 3 is 2.36 bits per heavy atom. The molecule has 0 aromatic rings. The number of ketones is 1. The van der Waals surface area contributed by atoms with Gasteiger partial charge in [-0.1, -0.05) is 12.8 Å². The first-order chi connectivity index (χ1) is 6.49. The molecule has 1 rings (SSSR count). The van der Waals surface area contributed by atoms with Gasteiger partial charge in [0, 0.05) is 24.4 Å². The molecule has 0 aromatic carbocycles. The van der Waals surface area contributed by atoms with Crippen LogP contribution in [0, 0.1) is 5.92 Å². The van der Waals surface area contributed by atoms with Gasteiger partial charge < -0.3 is 5.32 Å². The van der Waals surface area contributed by atoms with E-state index in [-0.39, 0.29) is 5.54 Å². The van der Waals surface area contributed by atoms with E-state index in [1.807, 2.05) is 0 Å². The molecule has 0 spiro atoms. The Morgan fingerprint density at radius 2 is 1.86 bits per heavy atom. The van der Waals surface area contributed by atoms with Gasteiger partial charge in [-0.15, -0.1) is 0 Å². The zero-order valence-electron chi connectivity index (χ0n) is 9.73. The van der Waals surface area contributed by atoms with Gasteiger partial charge in [-0.25, -0.2) is 0 Å². The minimum Gasteiger partial charge on any atom is -0.312 e. The van der Waals surface area contributed by atoms with Crippen molar-refractivity contribution in [3.8, 4) is 0 Å². The lowest BCUT2D eigenvalue weighted by Crippen LogP contribution is -2.37. The Bertz CT molecular complexity index is 187. The summed E-state index contributed by atoms with van der Waals surface area (Å²) in [5, 5.41) is 3.36. The van der Waals surface area contributed by atoms with Crippen LogP contribution < -0.4 is 5.32 Å². The second-order valence-corrected chi connectivity index (χ2v) is 5.37. The van der Waals surface area contributed by atoms with Crippen LogP contribution in [0.4, 0.5) is 0 Å². The maximum Gasteiger partial charge on any atom is 0.137 e. The van der Waals surface area contributed by atoms with E-state index in [1.165, 1.54) is 12.8 Å². The van der Waals surface area contributed by atoms with Crippen LogP contribution in [0.5, 0.6) is 0 Å². The summed E-state index contributed by atoms with van der Waals surface area (Å²) in [6.07, 6.45) is 5.48. The van der Waals surface area contributed by atoms with Crippen molar-refractivity contribution >= 4 is 5.78 Å². The maximum atomic E-state index is 11.7. The van der Waals surface area contributed by atoms with Crippen LogP contribution in [0.25, 0.3) is 0 Å². The lowest BCUT2D eigenvalue weighted by molar-refractivity contribution is -0.122. The maximum absolute atomic E-state index is 11.7. The van der Waals surface area contributed by atoms with E-state index in [2.05, 4.69) is 26.1 Å². The quantitative estimate of drug-likeness (QED) is 0.750. The molecule has 82 valence electrons. The van der Waals surface area contributed by atoms with Gasteiger partial charge in [0.25, 0.3) is 0 Å². The van der Waals surface area contributed by atoms with Crippen molar-refractivity contribution in [3.05, 3.63) is 0 Å². The molecule has 0 unspecified atom stereocenters. The van der Waals surface area contributed by atoms with Crippen LogP contribution in [-0.2, 0) is 4.79 Å². The molecule has 2 nitrogen and oxygen atoms in total. The predicted molar refractivity (Wildman–Crippen MR) is 59.3 cm³/mol. The molecular weight excluding hydrogens is 174 g/mol. The van der Waals surface area contributed by atoms with Crippen LogP contribution in [0.2, 0.25) is 0 Å². The van der Waals surface area contributed by atoms with Crippen molar-refractivity contribution < 1.29 is 4.79 Å². The van der Waals surface area contributed by atoms with Gasteiger partial charge in [0.2, 0.25) is 0 Å². The predicted octanol–water partition coefficient (Wildman–Crippen LogP) is 2.52. The summed E-state index contributed by atoms with van der Waals surface area (Å²) < 4.78 is 0. The third-order valence-electron chi connectivity index (χ3n) is 2.84. The number of Topliss-reactive ketones (excluding diaryl/α,β-unsaturated/α-hetero) is 1. The Balaban J connectivity index is 2.15. The highest BCUT2D eigenvalue weighted by atomic mass is 16.1. The molecule has 1 aliphatic carbocycles. The van der Waals surface area contributed by atoms with E-state index in [0.717, 1.165) is 19.4 Å². The van der Waals surface area contributed by atoms with Crippen LogP contribution >= 0.6 is 0 Å². The van der Waals surface area contributed by atoms with Gasteiger partial charge in [0.05, 0.1) is 0 Å². The fourth-order valence-electron chi connectivity index (χ4n) is 2.01. The van der Waals surface area contributed by atoms with Crippen LogP contribution in [0.1, 0.15) is 52.9 Å². The average Bonchev–Trinajstić information content (AvgIpc) is 2.53. The lowest BCUT2D eigenvalue weighted by atomic mass is 10.00. The molecule has 0 radical (unpaired) electrons. The molecule has 0 amide bonds. The molecule has 1 fully saturated rings. The highest BCUT2D eigenvalue weighted by Crippen LogP contribution is 2.26. The zero-order chi connectivity index (χ0) is 10.6. The normalized spacial score (nSPS) is 18.8. The summed E-state index contributed by atoms with van der Waals surface area (Å²) in [5.41, 5.74) is 0.135. The monoisotopic (exact) mass is 197 g/mol. The van der Waals surface area contributed by atoms with E-state index < -0.39 is 0 Å². The standard InChI is InChI=1S/C12H23NO/c1-12(2,3)13-9-8-11(14)10-6-4-5-7-10/h10,13H,4-9H2,1-3H3. The first-order valence-electron chi connectivity index (χ1n) is 5.77. The second kappa shape index (κ2) is 4.92. The van der Waals surface area contributed by atoms with Crippen molar-refractivity contribution in [3.63, 3.8) is 0 Å². The smallest absolute Gasteiger partial charge is 0.137 e. The van der Waals surface area contributed by atoms with E-state index in [0.29, 0.717) is 18.1 Å². The Kier molecular flexibility index (Phi) is 4.11. The van der Waals surface area contributed by atoms with Crippen LogP contribution in [0.3, 0.4) is 0 Å². The molecule has 0 atom stereocenters. The van der Waals surface area contributed by atoms with E-state index in [4.69, 9.17) is 0 Å². The number of carbonyl (C=O) groups is 1.